The number of allylic oxidation sites excluding steroid dienone is 4. The first-order valence-electron chi connectivity index (χ1n) is 25.3. The minimum Gasteiger partial charge on any atom is -0.333 e. The van der Waals surface area contributed by atoms with E-state index in [-0.39, 0.29) is 18.0 Å². The van der Waals surface area contributed by atoms with Gasteiger partial charge in [-0.2, -0.15) is 0 Å². The van der Waals surface area contributed by atoms with E-state index in [9.17, 15) is 0 Å². The van der Waals surface area contributed by atoms with Crippen LogP contribution in [-0.4, -0.2) is 24.3 Å². The zero-order chi connectivity index (χ0) is 46.3. The molecular formula is C66H47N5. The molecule has 0 amide bonds. The van der Waals surface area contributed by atoms with E-state index in [0.29, 0.717) is 0 Å². The van der Waals surface area contributed by atoms with E-state index in [0.717, 1.165) is 19.3 Å². The van der Waals surface area contributed by atoms with E-state index in [1.807, 2.05) is 0 Å². The molecule has 12 aromatic rings. The van der Waals surface area contributed by atoms with Gasteiger partial charge >= 0.3 is 0 Å². The lowest BCUT2D eigenvalue weighted by Crippen LogP contribution is -2.29. The molecule has 336 valence electrons. The van der Waals surface area contributed by atoms with Crippen LogP contribution in [0.3, 0.4) is 0 Å². The molecule has 0 bridgehead atoms. The number of benzene rings is 8. The zero-order valence-corrected chi connectivity index (χ0v) is 39.0. The van der Waals surface area contributed by atoms with Crippen molar-refractivity contribution in [3.8, 4) is 11.4 Å². The summed E-state index contributed by atoms with van der Waals surface area (Å²) in [5.74, 6) is 0.0914. The molecule has 4 aromatic heterocycles. The summed E-state index contributed by atoms with van der Waals surface area (Å²) in [6.07, 6.45) is 20.1. The highest BCUT2D eigenvalue weighted by Gasteiger charge is 2.41. The highest BCUT2D eigenvalue weighted by molar-refractivity contribution is 6.15. The van der Waals surface area contributed by atoms with Crippen molar-refractivity contribution in [1.82, 2.24) is 18.3 Å². The van der Waals surface area contributed by atoms with E-state index in [2.05, 4.69) is 254 Å². The van der Waals surface area contributed by atoms with E-state index in [4.69, 9.17) is 0 Å². The van der Waals surface area contributed by atoms with Crippen molar-refractivity contribution in [2.24, 2.45) is 0 Å². The third-order valence-corrected chi connectivity index (χ3v) is 16.3. The van der Waals surface area contributed by atoms with Crippen molar-refractivity contribution in [3.63, 3.8) is 0 Å². The molecule has 3 atom stereocenters. The van der Waals surface area contributed by atoms with Crippen molar-refractivity contribution in [2.45, 2.75) is 37.3 Å². The third kappa shape index (κ3) is 5.41. The fraction of sp³-hybridized carbons (Fsp3) is 0.0909. The highest BCUT2D eigenvalue weighted by Crippen LogP contribution is 2.52. The molecule has 0 spiro atoms. The van der Waals surface area contributed by atoms with Crippen molar-refractivity contribution in [2.75, 3.05) is 4.90 Å². The van der Waals surface area contributed by atoms with Gasteiger partial charge in [-0.3, -0.25) is 0 Å². The Kier molecular flexibility index (Phi) is 8.18. The number of para-hydroxylation sites is 7. The van der Waals surface area contributed by atoms with Gasteiger partial charge in [-0.15, -0.1) is 0 Å². The Balaban J connectivity index is 0.924. The van der Waals surface area contributed by atoms with Gasteiger partial charge in [-0.05, 0) is 97.6 Å². The Labute approximate surface area is 411 Å². The Morgan fingerprint density at radius 2 is 1.03 bits per heavy atom. The fourth-order valence-electron chi connectivity index (χ4n) is 13.5. The monoisotopic (exact) mass is 909 g/mol. The SMILES string of the molecule is C1=Cc2c3c(n(C4=CC5c6cc(-n7c8ccccc8c8cccc(-n9c%10ccccc%10c%10ccccc%109)c87)ccc6N(c6ccccc6)C5C=C4)c2CC1)C(n1c2ccccc2c2ccccc21)CC=C3. The summed E-state index contributed by atoms with van der Waals surface area (Å²) in [5, 5.41) is 7.64. The van der Waals surface area contributed by atoms with E-state index < -0.39 is 0 Å². The van der Waals surface area contributed by atoms with Gasteiger partial charge in [0.15, 0.2) is 0 Å². The van der Waals surface area contributed by atoms with Crippen LogP contribution in [0.25, 0.3) is 94.6 Å². The van der Waals surface area contributed by atoms with E-state index in [1.165, 1.54) is 122 Å². The minimum atomic E-state index is 0.0914. The van der Waals surface area contributed by atoms with Gasteiger partial charge < -0.3 is 23.2 Å². The largest absolute Gasteiger partial charge is 0.333 e. The molecule has 1 aliphatic heterocycles. The van der Waals surface area contributed by atoms with Gasteiger partial charge in [0.1, 0.15) is 0 Å². The molecule has 5 heteroatoms. The lowest BCUT2D eigenvalue weighted by atomic mass is 9.89. The lowest BCUT2D eigenvalue weighted by Gasteiger charge is -2.31. The molecule has 0 saturated heterocycles. The number of nitrogens with zero attached hydrogens (tertiary/aromatic N) is 5. The smallest absolute Gasteiger partial charge is 0.0787 e. The normalized spacial score (nSPS) is 18.0. The number of rotatable bonds is 5. The average molecular weight is 910 g/mol. The van der Waals surface area contributed by atoms with Gasteiger partial charge in [-0.25, -0.2) is 0 Å². The molecule has 5 nitrogen and oxygen atoms in total. The summed E-state index contributed by atoms with van der Waals surface area (Å²) in [5.41, 5.74) is 20.3. The van der Waals surface area contributed by atoms with Crippen molar-refractivity contribution < 1.29 is 0 Å². The van der Waals surface area contributed by atoms with E-state index in [1.54, 1.807) is 0 Å². The minimum absolute atomic E-state index is 0.0914. The second-order valence-corrected chi connectivity index (χ2v) is 19.8. The third-order valence-electron chi connectivity index (χ3n) is 16.3. The second kappa shape index (κ2) is 14.9. The Morgan fingerprint density at radius 3 is 1.73 bits per heavy atom. The zero-order valence-electron chi connectivity index (χ0n) is 39.0. The fourth-order valence-corrected chi connectivity index (χ4v) is 13.5. The van der Waals surface area contributed by atoms with Gasteiger partial charge in [0.05, 0.1) is 45.5 Å². The first-order chi connectivity index (χ1) is 35.3. The predicted molar refractivity (Wildman–Crippen MR) is 297 cm³/mol. The molecular weight excluding hydrogens is 863 g/mol. The highest BCUT2D eigenvalue weighted by atomic mass is 15.2. The van der Waals surface area contributed by atoms with Crippen molar-refractivity contribution >= 4 is 94.6 Å². The average Bonchev–Trinajstić information content (AvgIpc) is 4.23. The maximum absolute atomic E-state index is 2.69. The quantitative estimate of drug-likeness (QED) is 0.169. The van der Waals surface area contributed by atoms with Crippen molar-refractivity contribution in [1.29, 1.82) is 0 Å². The summed E-state index contributed by atoms with van der Waals surface area (Å²) >= 11 is 0. The lowest BCUT2D eigenvalue weighted by molar-refractivity contribution is 0.592. The Hall–Kier alpha value is -8.80. The Morgan fingerprint density at radius 1 is 0.437 bits per heavy atom. The van der Waals surface area contributed by atoms with Gasteiger partial charge in [0.25, 0.3) is 0 Å². The van der Waals surface area contributed by atoms with Crippen LogP contribution < -0.4 is 4.90 Å². The van der Waals surface area contributed by atoms with Gasteiger partial charge in [-0.1, -0.05) is 158 Å². The van der Waals surface area contributed by atoms with Gasteiger partial charge in [0, 0.05) is 88.8 Å². The maximum Gasteiger partial charge on any atom is 0.0787 e. The maximum atomic E-state index is 2.69. The summed E-state index contributed by atoms with van der Waals surface area (Å²) in [7, 11) is 0. The van der Waals surface area contributed by atoms with Crippen LogP contribution in [0.4, 0.5) is 11.4 Å². The van der Waals surface area contributed by atoms with Crippen molar-refractivity contribution in [3.05, 3.63) is 247 Å². The molecule has 0 saturated carbocycles. The first-order valence-corrected chi connectivity index (χ1v) is 25.3. The molecule has 3 aliphatic carbocycles. The number of fused-ring (bicyclic) bond motifs is 15. The van der Waals surface area contributed by atoms with Crippen LogP contribution in [0.2, 0.25) is 0 Å². The summed E-state index contributed by atoms with van der Waals surface area (Å²) in [6, 6.07) is 70.0. The molecule has 16 rings (SSSR count). The van der Waals surface area contributed by atoms with Crippen LogP contribution in [0.1, 0.15) is 52.9 Å². The molecule has 0 N–H and O–H groups in total. The number of anilines is 2. The van der Waals surface area contributed by atoms with E-state index >= 15 is 0 Å². The standard InChI is InChI=1S/C66H47N5/c1-2-18-42(19-3-1)67-61-38-36-43(68-55-28-10-8-24-49(55)51-26-16-34-63(65(51)68)70-57-30-12-4-20-45(57)46-21-5-13-31-58(46)70)40-53(61)54-41-44(37-39-62(54)67)69-56-29-11-9-25-50(56)52-27-17-35-64(66(52)69)71-59-32-14-6-22-47(59)48-23-7-15-33-60(48)71/h1-10,12-28,30-34,36-41,54,62,64H,11,29,35H2. The second-order valence-electron chi connectivity index (χ2n) is 19.8. The molecule has 5 heterocycles. The van der Waals surface area contributed by atoms with Crippen LogP contribution >= 0.6 is 0 Å². The van der Waals surface area contributed by atoms with Gasteiger partial charge in [0.2, 0.25) is 0 Å². The summed E-state index contributed by atoms with van der Waals surface area (Å²) < 4.78 is 10.4. The van der Waals surface area contributed by atoms with Crippen LogP contribution in [0.15, 0.2) is 218 Å². The van der Waals surface area contributed by atoms with Crippen LogP contribution in [0.5, 0.6) is 0 Å². The molecule has 8 aromatic carbocycles. The Bertz CT molecular complexity index is 4240. The number of aromatic nitrogens is 4. The summed E-state index contributed by atoms with van der Waals surface area (Å²) in [4.78, 5) is 2.58. The van der Waals surface area contributed by atoms with Crippen LogP contribution in [-0.2, 0) is 6.42 Å². The number of hydrogen-bond acceptors (Lipinski definition) is 1. The number of hydrogen-bond donors (Lipinski definition) is 0. The predicted octanol–water partition coefficient (Wildman–Crippen LogP) is 16.5. The summed E-state index contributed by atoms with van der Waals surface area (Å²) in [6.45, 7) is 0. The first kappa shape index (κ1) is 39.1. The molecule has 0 radical (unpaired) electrons. The van der Waals surface area contributed by atoms with Crippen LogP contribution in [0, 0.1) is 0 Å². The molecule has 0 fully saturated rings. The molecule has 71 heavy (non-hydrogen) atoms. The molecule has 3 unspecified atom stereocenters. The topological polar surface area (TPSA) is 23.0 Å². The molecule has 4 aliphatic rings.